The minimum atomic E-state index is -1.60. The van der Waals surface area contributed by atoms with E-state index in [-0.39, 0.29) is 23.0 Å². The van der Waals surface area contributed by atoms with Crippen molar-refractivity contribution in [3.63, 3.8) is 0 Å². The van der Waals surface area contributed by atoms with Gasteiger partial charge in [-0.1, -0.05) is 27.7 Å². The lowest BCUT2D eigenvalue weighted by molar-refractivity contribution is -0.371. The molecule has 4 aliphatic heterocycles. The van der Waals surface area contributed by atoms with Gasteiger partial charge in [0.1, 0.15) is 42.7 Å². The molecule has 1 spiro atoms. The molecule has 51 heavy (non-hydrogen) atoms. The third-order valence-electron chi connectivity index (χ3n) is 16.1. The Labute approximate surface area is 302 Å². The van der Waals surface area contributed by atoms with E-state index in [4.69, 9.17) is 28.4 Å². The van der Waals surface area contributed by atoms with E-state index in [0.29, 0.717) is 41.4 Å². The Hall–Kier alpha value is -0.480. The summed E-state index contributed by atoms with van der Waals surface area (Å²) >= 11 is 0. The zero-order valence-electron chi connectivity index (χ0n) is 31.1. The topological polar surface area (TPSA) is 177 Å². The average molecular weight is 725 g/mol. The van der Waals surface area contributed by atoms with Crippen LogP contribution in [0, 0.1) is 52.3 Å². The molecule has 0 bridgehead atoms. The van der Waals surface area contributed by atoms with Crippen molar-refractivity contribution in [2.75, 3.05) is 13.2 Å². The van der Waals surface area contributed by atoms with Gasteiger partial charge < -0.3 is 59.1 Å². The normalized spacial score (nSPS) is 59.9. The van der Waals surface area contributed by atoms with Crippen LogP contribution < -0.4 is 0 Å². The summed E-state index contributed by atoms with van der Waals surface area (Å²) < 4.78 is 37.7. The molecule has 4 heterocycles. The van der Waals surface area contributed by atoms with E-state index in [1.165, 1.54) is 25.7 Å². The highest BCUT2D eigenvalue weighted by atomic mass is 16.8. The second-order valence-electron chi connectivity index (χ2n) is 18.7. The van der Waals surface area contributed by atoms with E-state index < -0.39 is 73.8 Å². The summed E-state index contributed by atoms with van der Waals surface area (Å²) in [5, 5.41) is 62.9. The summed E-state index contributed by atoms with van der Waals surface area (Å²) in [7, 11) is 0. The summed E-state index contributed by atoms with van der Waals surface area (Å²) in [6.45, 7) is 11.6. The van der Waals surface area contributed by atoms with Crippen LogP contribution in [0.2, 0.25) is 0 Å². The van der Waals surface area contributed by atoms with Crippen LogP contribution >= 0.6 is 0 Å². The Morgan fingerprint density at radius 2 is 1.47 bits per heavy atom. The molecular weight excluding hydrogens is 660 g/mol. The van der Waals surface area contributed by atoms with Gasteiger partial charge in [0.05, 0.1) is 31.5 Å². The van der Waals surface area contributed by atoms with Crippen molar-refractivity contribution in [3.05, 3.63) is 0 Å². The minimum absolute atomic E-state index is 0.190. The van der Waals surface area contributed by atoms with Gasteiger partial charge >= 0.3 is 0 Å². The van der Waals surface area contributed by atoms with Crippen molar-refractivity contribution in [1.82, 2.24) is 0 Å². The van der Waals surface area contributed by atoms with Gasteiger partial charge in [0.15, 0.2) is 18.4 Å². The Morgan fingerprint density at radius 3 is 2.20 bits per heavy atom. The SMILES string of the molecule is CC1CC[C@@]2(OC1)O[C@H]1C[C@H]3[C@@H]4CC[C@H]5C[C@@H](O[C@@H]6O[C@H](CO)[C@@H](O)[C@H](O)[C@H]6O[C@@H]6O[C@@H](C)[C@H](O)[C@@H](O)[C@H]6O)CC[C@]5(C)[C@H]4CC[C@]3(C)[C@H]1[C@@H]2C. The highest BCUT2D eigenvalue weighted by Crippen LogP contribution is 2.71. The number of hydrogen-bond acceptors (Lipinski definition) is 12. The molecule has 6 N–H and O–H groups in total. The summed E-state index contributed by atoms with van der Waals surface area (Å²) in [4.78, 5) is 0. The van der Waals surface area contributed by atoms with Crippen LogP contribution in [0.1, 0.15) is 98.8 Å². The lowest BCUT2D eigenvalue weighted by Gasteiger charge is -2.61. The number of aliphatic hydroxyl groups is 6. The molecule has 292 valence electrons. The Morgan fingerprint density at radius 1 is 0.706 bits per heavy atom. The number of fused-ring (bicyclic) bond motifs is 7. The maximum atomic E-state index is 11.1. The minimum Gasteiger partial charge on any atom is -0.394 e. The molecule has 0 amide bonds. The van der Waals surface area contributed by atoms with E-state index in [0.717, 1.165) is 45.1 Å². The van der Waals surface area contributed by atoms with Gasteiger partial charge in [-0.2, -0.15) is 0 Å². The van der Waals surface area contributed by atoms with Crippen LogP contribution in [-0.4, -0.2) is 123 Å². The Bertz CT molecular complexity index is 1250. The third kappa shape index (κ3) is 5.91. The molecule has 12 nitrogen and oxygen atoms in total. The molecule has 4 saturated carbocycles. The smallest absolute Gasteiger partial charge is 0.187 e. The van der Waals surface area contributed by atoms with Crippen LogP contribution in [0.4, 0.5) is 0 Å². The second-order valence-corrected chi connectivity index (χ2v) is 18.7. The van der Waals surface area contributed by atoms with Crippen LogP contribution in [-0.2, 0) is 28.4 Å². The largest absolute Gasteiger partial charge is 0.394 e. The van der Waals surface area contributed by atoms with Crippen LogP contribution in [0.3, 0.4) is 0 Å². The molecule has 0 aromatic heterocycles. The molecule has 4 aliphatic carbocycles. The lowest BCUT2D eigenvalue weighted by atomic mass is 9.44. The number of ether oxygens (including phenoxy) is 6. The molecule has 4 saturated heterocycles. The molecule has 0 radical (unpaired) electrons. The third-order valence-corrected chi connectivity index (χ3v) is 16.1. The van der Waals surface area contributed by atoms with Gasteiger partial charge in [0.25, 0.3) is 0 Å². The molecule has 0 aromatic carbocycles. The van der Waals surface area contributed by atoms with Gasteiger partial charge in [0.2, 0.25) is 0 Å². The fourth-order valence-corrected chi connectivity index (χ4v) is 13.1. The van der Waals surface area contributed by atoms with Crippen LogP contribution in [0.15, 0.2) is 0 Å². The van der Waals surface area contributed by atoms with Gasteiger partial charge in [-0.05, 0) is 111 Å². The molecule has 0 aromatic rings. The first-order chi connectivity index (χ1) is 24.2. The van der Waals surface area contributed by atoms with E-state index >= 15 is 0 Å². The van der Waals surface area contributed by atoms with Crippen LogP contribution in [0.5, 0.6) is 0 Å². The summed E-state index contributed by atoms with van der Waals surface area (Å²) in [6, 6.07) is 0. The fraction of sp³-hybridized carbons (Fsp3) is 1.00. The second kappa shape index (κ2) is 13.6. The summed E-state index contributed by atoms with van der Waals surface area (Å²) in [5.74, 6) is 3.63. The predicted octanol–water partition coefficient (Wildman–Crippen LogP) is 2.47. The van der Waals surface area contributed by atoms with Crippen molar-refractivity contribution in [1.29, 1.82) is 0 Å². The highest BCUT2D eigenvalue weighted by molar-refractivity contribution is 5.15. The summed E-state index contributed by atoms with van der Waals surface area (Å²) in [5.41, 5.74) is 0.464. The van der Waals surface area contributed by atoms with Gasteiger partial charge in [-0.25, -0.2) is 0 Å². The first kappa shape index (κ1) is 37.4. The van der Waals surface area contributed by atoms with Crippen molar-refractivity contribution >= 4 is 0 Å². The average Bonchev–Trinajstić information content (AvgIpc) is 3.56. The molecule has 22 atom stereocenters. The molecule has 12 heteroatoms. The summed E-state index contributed by atoms with van der Waals surface area (Å²) in [6.07, 6.45) is -2.28. The number of rotatable bonds is 5. The molecule has 8 aliphatic rings. The first-order valence-electron chi connectivity index (χ1n) is 20.2. The maximum Gasteiger partial charge on any atom is 0.187 e. The van der Waals surface area contributed by atoms with E-state index in [9.17, 15) is 30.6 Å². The lowest BCUT2D eigenvalue weighted by Crippen LogP contribution is -2.64. The van der Waals surface area contributed by atoms with Crippen molar-refractivity contribution in [3.8, 4) is 0 Å². The Kier molecular flexibility index (Phi) is 10.00. The van der Waals surface area contributed by atoms with Gasteiger partial charge in [0, 0.05) is 12.3 Å². The van der Waals surface area contributed by atoms with Gasteiger partial charge in [-0.3, -0.25) is 0 Å². The molecular formula is C39H64O12. The van der Waals surface area contributed by atoms with E-state index in [1.54, 1.807) is 6.92 Å². The molecule has 8 rings (SSSR count). The number of aliphatic hydroxyl groups excluding tert-OH is 6. The highest BCUT2D eigenvalue weighted by Gasteiger charge is 2.69. The zero-order valence-corrected chi connectivity index (χ0v) is 31.1. The number of hydrogen-bond donors (Lipinski definition) is 6. The zero-order chi connectivity index (χ0) is 36.2. The van der Waals surface area contributed by atoms with Gasteiger partial charge in [-0.15, -0.1) is 0 Å². The Balaban J connectivity index is 0.941. The van der Waals surface area contributed by atoms with Crippen molar-refractivity contribution in [2.45, 2.75) is 178 Å². The van der Waals surface area contributed by atoms with E-state index in [2.05, 4.69) is 27.7 Å². The molecule has 1 unspecified atom stereocenters. The van der Waals surface area contributed by atoms with E-state index in [1.807, 2.05) is 0 Å². The first-order valence-corrected chi connectivity index (χ1v) is 20.2. The molecule has 8 fully saturated rings. The fourth-order valence-electron chi connectivity index (χ4n) is 13.1. The predicted molar refractivity (Wildman–Crippen MR) is 182 cm³/mol. The van der Waals surface area contributed by atoms with Crippen molar-refractivity contribution < 1.29 is 59.1 Å². The monoisotopic (exact) mass is 724 g/mol. The quantitative estimate of drug-likeness (QED) is 0.229. The van der Waals surface area contributed by atoms with Crippen LogP contribution in [0.25, 0.3) is 0 Å². The maximum absolute atomic E-state index is 11.1. The standard InChI is InChI=1S/C39H64O12/c1-18-8-13-39(46-17-18)19(2)28-26(51-39)15-25-23-7-6-21-14-22(9-11-37(21,4)24(23)10-12-38(25,28)5)48-36-34(32(44)30(42)27(16-40)49-36)50-35-33(45)31(43)29(41)20(3)47-35/h18-36,40-45H,6-17H2,1-5H3/t18?,19-,20-,21-,22-,23+,24-,25-,26-,27+,28-,29-,30+,31+,32-,33+,34+,35-,36+,37-,38-,39+/m0/s1. The van der Waals surface area contributed by atoms with Crippen molar-refractivity contribution in [2.24, 2.45) is 52.3 Å².